The zero-order valence-corrected chi connectivity index (χ0v) is 18.4. The molecule has 8 nitrogen and oxygen atoms in total. The summed E-state index contributed by atoms with van der Waals surface area (Å²) in [5, 5.41) is 15.7. The average molecular weight is 447 g/mol. The van der Waals surface area contributed by atoms with E-state index in [0.29, 0.717) is 29.9 Å². The fourth-order valence-electron chi connectivity index (χ4n) is 4.30. The predicted molar refractivity (Wildman–Crippen MR) is 126 cm³/mol. The summed E-state index contributed by atoms with van der Waals surface area (Å²) in [5.74, 6) is 2.23. The first-order chi connectivity index (χ1) is 15.9. The Bertz CT molecular complexity index is 1120. The number of benzene rings is 2. The van der Waals surface area contributed by atoms with Gasteiger partial charge in [-0.05, 0) is 61.4 Å². The van der Waals surface area contributed by atoms with Gasteiger partial charge in [-0.1, -0.05) is 5.92 Å². The molecule has 2 aromatic carbocycles. The predicted octanol–water partition coefficient (Wildman–Crippen LogP) is 2.71. The van der Waals surface area contributed by atoms with E-state index in [1.807, 2.05) is 19.1 Å². The maximum Gasteiger partial charge on any atom is 0.322 e. The van der Waals surface area contributed by atoms with Gasteiger partial charge in [-0.2, -0.15) is 0 Å². The van der Waals surface area contributed by atoms with Gasteiger partial charge in [0.25, 0.3) is 0 Å². The van der Waals surface area contributed by atoms with Gasteiger partial charge in [-0.3, -0.25) is 9.59 Å². The minimum Gasteiger partial charge on any atom is -0.391 e. The lowest BCUT2D eigenvalue weighted by Crippen LogP contribution is -2.45. The van der Waals surface area contributed by atoms with E-state index in [-0.39, 0.29) is 24.8 Å². The SMILES string of the molecule is C#Cc1ccc(NC(=O)N2C[C@H](O)C[C@@H]2C(=O)Nc2ccc(N3CCCC3=O)c(C)c2)cc1. The molecule has 2 aliphatic rings. The van der Waals surface area contributed by atoms with Crippen LogP contribution in [0.5, 0.6) is 0 Å². The number of likely N-dealkylation sites (tertiary alicyclic amines) is 1. The van der Waals surface area contributed by atoms with Gasteiger partial charge >= 0.3 is 6.03 Å². The van der Waals surface area contributed by atoms with E-state index in [1.54, 1.807) is 35.2 Å². The summed E-state index contributed by atoms with van der Waals surface area (Å²) < 4.78 is 0. The Hall–Kier alpha value is -3.83. The van der Waals surface area contributed by atoms with E-state index in [1.165, 1.54) is 4.90 Å². The van der Waals surface area contributed by atoms with E-state index >= 15 is 0 Å². The number of amides is 4. The molecule has 2 fully saturated rings. The number of hydrogen-bond donors (Lipinski definition) is 3. The van der Waals surface area contributed by atoms with Crippen molar-refractivity contribution in [3.63, 3.8) is 0 Å². The number of hydrogen-bond acceptors (Lipinski definition) is 4. The normalized spacial score (nSPS) is 20.0. The third-order valence-electron chi connectivity index (χ3n) is 5.97. The second kappa shape index (κ2) is 9.35. The fraction of sp³-hybridized carbons (Fsp3) is 0.320. The average Bonchev–Trinajstić information content (AvgIpc) is 3.40. The minimum absolute atomic E-state index is 0.0569. The molecule has 2 aromatic rings. The van der Waals surface area contributed by atoms with Crippen LogP contribution in [0.3, 0.4) is 0 Å². The zero-order valence-electron chi connectivity index (χ0n) is 18.4. The Labute approximate surface area is 192 Å². The lowest BCUT2D eigenvalue weighted by Gasteiger charge is -2.24. The lowest BCUT2D eigenvalue weighted by atomic mass is 10.1. The molecule has 0 radical (unpaired) electrons. The van der Waals surface area contributed by atoms with Crippen molar-refractivity contribution in [3.8, 4) is 12.3 Å². The number of aliphatic hydroxyl groups excluding tert-OH is 1. The number of carbonyl (C=O) groups excluding carboxylic acids is 3. The van der Waals surface area contributed by atoms with Crippen LogP contribution in [0.1, 0.15) is 30.4 Å². The first-order valence-electron chi connectivity index (χ1n) is 10.9. The number of carbonyl (C=O) groups is 3. The first-order valence-corrected chi connectivity index (χ1v) is 10.9. The van der Waals surface area contributed by atoms with Gasteiger partial charge in [0.15, 0.2) is 0 Å². The van der Waals surface area contributed by atoms with Crippen molar-refractivity contribution in [2.45, 2.75) is 38.3 Å². The van der Waals surface area contributed by atoms with E-state index < -0.39 is 18.2 Å². The van der Waals surface area contributed by atoms with Crippen LogP contribution in [0, 0.1) is 19.3 Å². The molecule has 4 amide bonds. The second-order valence-corrected chi connectivity index (χ2v) is 8.35. The van der Waals surface area contributed by atoms with E-state index in [2.05, 4.69) is 16.6 Å². The lowest BCUT2D eigenvalue weighted by molar-refractivity contribution is -0.119. The molecule has 0 aliphatic carbocycles. The van der Waals surface area contributed by atoms with Gasteiger partial charge in [-0.25, -0.2) is 4.79 Å². The molecule has 4 rings (SSSR count). The van der Waals surface area contributed by atoms with Crippen LogP contribution in [-0.4, -0.2) is 53.1 Å². The highest BCUT2D eigenvalue weighted by Gasteiger charge is 2.39. The van der Waals surface area contributed by atoms with Crippen LogP contribution in [-0.2, 0) is 9.59 Å². The molecule has 0 unspecified atom stereocenters. The van der Waals surface area contributed by atoms with Gasteiger partial charge in [-0.15, -0.1) is 6.42 Å². The summed E-state index contributed by atoms with van der Waals surface area (Å²) in [5.41, 5.74) is 3.52. The Morgan fingerprint density at radius 2 is 1.85 bits per heavy atom. The van der Waals surface area contributed by atoms with Crippen molar-refractivity contribution < 1.29 is 19.5 Å². The van der Waals surface area contributed by atoms with Crippen molar-refractivity contribution in [3.05, 3.63) is 53.6 Å². The van der Waals surface area contributed by atoms with Crippen molar-refractivity contribution in [2.75, 3.05) is 28.6 Å². The molecule has 2 aliphatic heterocycles. The number of aryl methyl sites for hydroxylation is 1. The summed E-state index contributed by atoms with van der Waals surface area (Å²) >= 11 is 0. The Morgan fingerprint density at radius 3 is 2.48 bits per heavy atom. The molecular weight excluding hydrogens is 420 g/mol. The van der Waals surface area contributed by atoms with Gasteiger partial charge in [0.1, 0.15) is 6.04 Å². The number of rotatable bonds is 4. The first kappa shape index (κ1) is 22.4. The van der Waals surface area contributed by atoms with E-state index in [0.717, 1.165) is 17.7 Å². The maximum atomic E-state index is 13.0. The number of nitrogens with zero attached hydrogens (tertiary/aromatic N) is 2. The minimum atomic E-state index is -0.815. The molecule has 2 heterocycles. The molecule has 0 bridgehead atoms. The van der Waals surface area contributed by atoms with Gasteiger partial charge in [0.05, 0.1) is 6.10 Å². The number of β-amino-alcohol motifs (C(OH)–C–C–N with tert-alkyl or cyclic N) is 1. The van der Waals surface area contributed by atoms with E-state index in [9.17, 15) is 19.5 Å². The highest BCUT2D eigenvalue weighted by atomic mass is 16.3. The fourth-order valence-corrected chi connectivity index (χ4v) is 4.30. The Morgan fingerprint density at radius 1 is 1.12 bits per heavy atom. The Balaban J connectivity index is 1.44. The number of urea groups is 1. The smallest absolute Gasteiger partial charge is 0.322 e. The molecule has 0 saturated carbocycles. The zero-order chi connectivity index (χ0) is 23.5. The maximum absolute atomic E-state index is 13.0. The largest absolute Gasteiger partial charge is 0.391 e. The summed E-state index contributed by atoms with van der Waals surface area (Å²) in [6.07, 6.45) is 6.10. The third kappa shape index (κ3) is 4.83. The molecule has 2 atom stereocenters. The monoisotopic (exact) mass is 446 g/mol. The van der Waals surface area contributed by atoms with Crippen LogP contribution >= 0.6 is 0 Å². The van der Waals surface area contributed by atoms with Gasteiger partial charge in [0.2, 0.25) is 11.8 Å². The van der Waals surface area contributed by atoms with E-state index in [4.69, 9.17) is 6.42 Å². The van der Waals surface area contributed by atoms with Crippen LogP contribution in [0.2, 0.25) is 0 Å². The van der Waals surface area contributed by atoms with Crippen molar-refractivity contribution in [1.82, 2.24) is 4.90 Å². The molecule has 3 N–H and O–H groups in total. The van der Waals surface area contributed by atoms with Gasteiger partial charge < -0.3 is 25.5 Å². The van der Waals surface area contributed by atoms with Crippen molar-refractivity contribution in [2.24, 2.45) is 0 Å². The molecule has 8 heteroatoms. The highest BCUT2D eigenvalue weighted by molar-refractivity contribution is 6.00. The standard InChI is InChI=1S/C25H26N4O4/c1-3-17-6-8-18(9-7-17)27-25(33)29-15-20(30)14-22(29)24(32)26-19-10-11-21(16(2)13-19)28-12-4-5-23(28)31/h1,6-11,13,20,22,30H,4-5,12,14-15H2,2H3,(H,26,32)(H,27,33)/t20-,22-/m1/s1. The number of anilines is 3. The molecule has 170 valence electrons. The summed E-state index contributed by atoms with van der Waals surface area (Å²) in [7, 11) is 0. The van der Waals surface area contributed by atoms with Crippen molar-refractivity contribution in [1.29, 1.82) is 0 Å². The van der Waals surface area contributed by atoms with Crippen LogP contribution in [0.15, 0.2) is 42.5 Å². The van der Waals surface area contributed by atoms with Crippen LogP contribution in [0.4, 0.5) is 21.9 Å². The highest BCUT2D eigenvalue weighted by Crippen LogP contribution is 2.28. The number of terminal acetylenes is 1. The molecule has 0 spiro atoms. The van der Waals surface area contributed by atoms with Crippen LogP contribution < -0.4 is 15.5 Å². The topological polar surface area (TPSA) is 102 Å². The summed E-state index contributed by atoms with van der Waals surface area (Å²) in [6.45, 7) is 2.64. The Kier molecular flexibility index (Phi) is 6.33. The molecule has 0 aromatic heterocycles. The van der Waals surface area contributed by atoms with Crippen LogP contribution in [0.25, 0.3) is 0 Å². The van der Waals surface area contributed by atoms with Crippen molar-refractivity contribution >= 4 is 34.9 Å². The molecule has 33 heavy (non-hydrogen) atoms. The molecule has 2 saturated heterocycles. The summed E-state index contributed by atoms with van der Waals surface area (Å²) in [6, 6.07) is 10.9. The quantitative estimate of drug-likeness (QED) is 0.629. The summed E-state index contributed by atoms with van der Waals surface area (Å²) in [4.78, 5) is 40.9. The number of aliphatic hydroxyl groups is 1. The molecular formula is C25H26N4O4. The van der Waals surface area contributed by atoms with Gasteiger partial charge in [0, 0.05) is 48.6 Å². The number of nitrogens with one attached hydrogen (secondary N) is 2. The second-order valence-electron chi connectivity index (χ2n) is 8.35. The third-order valence-corrected chi connectivity index (χ3v) is 5.97.